The Morgan fingerprint density at radius 2 is 2.22 bits per heavy atom. The highest BCUT2D eigenvalue weighted by Crippen LogP contribution is 2.19. The lowest BCUT2D eigenvalue weighted by atomic mass is 9.97. The van der Waals surface area contributed by atoms with Gasteiger partial charge >= 0.3 is 0 Å². The summed E-state index contributed by atoms with van der Waals surface area (Å²) >= 11 is 0. The zero-order valence-corrected chi connectivity index (χ0v) is 10.3. The third-order valence-electron chi connectivity index (χ3n) is 3.17. The number of hydrogen-bond donors (Lipinski definition) is 2. The van der Waals surface area contributed by atoms with Crippen molar-refractivity contribution in [3.8, 4) is 0 Å². The number of nitrogens with two attached hydrogens (primary N) is 2. The first-order valence-corrected chi connectivity index (χ1v) is 5.86. The number of nitrogens with zero attached hydrogens (tertiary/aromatic N) is 3. The summed E-state index contributed by atoms with van der Waals surface area (Å²) in [6, 6.07) is 0. The summed E-state index contributed by atoms with van der Waals surface area (Å²) < 4.78 is 1.50. The molecule has 1 saturated heterocycles. The van der Waals surface area contributed by atoms with Crippen LogP contribution in [0.25, 0.3) is 0 Å². The van der Waals surface area contributed by atoms with E-state index in [1.807, 2.05) is 0 Å². The fourth-order valence-corrected chi connectivity index (χ4v) is 2.22. The maximum Gasteiger partial charge on any atom is 0.276 e. The van der Waals surface area contributed by atoms with Crippen LogP contribution in [0.4, 0.5) is 5.69 Å². The maximum atomic E-state index is 12.2. The lowest BCUT2D eigenvalue weighted by Gasteiger charge is -2.30. The smallest absolute Gasteiger partial charge is 0.276 e. The molecule has 0 aliphatic carbocycles. The summed E-state index contributed by atoms with van der Waals surface area (Å²) in [5, 5.41) is 4.04. The minimum absolute atomic E-state index is 0.237. The van der Waals surface area contributed by atoms with Gasteiger partial charge in [0.15, 0.2) is 5.69 Å². The van der Waals surface area contributed by atoms with E-state index >= 15 is 0 Å². The SMILES string of the molecule is Cn1cc(N)c(C(=O)N2CCCC(C(N)=O)C2)n1. The highest BCUT2D eigenvalue weighted by Gasteiger charge is 2.29. The summed E-state index contributed by atoms with van der Waals surface area (Å²) in [5.41, 5.74) is 11.6. The molecular formula is C11H17N5O2. The van der Waals surface area contributed by atoms with Gasteiger partial charge < -0.3 is 16.4 Å². The van der Waals surface area contributed by atoms with Crippen LogP contribution < -0.4 is 11.5 Å². The molecule has 1 unspecified atom stereocenters. The zero-order valence-electron chi connectivity index (χ0n) is 10.3. The lowest BCUT2D eigenvalue weighted by Crippen LogP contribution is -2.44. The van der Waals surface area contributed by atoms with E-state index in [1.54, 1.807) is 18.1 Å². The molecule has 2 heterocycles. The van der Waals surface area contributed by atoms with Crippen molar-refractivity contribution in [1.29, 1.82) is 0 Å². The van der Waals surface area contributed by atoms with Gasteiger partial charge in [-0.25, -0.2) is 0 Å². The van der Waals surface area contributed by atoms with Crippen molar-refractivity contribution in [2.75, 3.05) is 18.8 Å². The molecule has 7 heteroatoms. The van der Waals surface area contributed by atoms with Gasteiger partial charge in [-0.1, -0.05) is 0 Å². The van der Waals surface area contributed by atoms with Crippen LogP contribution in [0.15, 0.2) is 6.20 Å². The Hall–Kier alpha value is -2.05. The molecule has 1 aliphatic heterocycles. The van der Waals surface area contributed by atoms with Crippen molar-refractivity contribution in [3.05, 3.63) is 11.9 Å². The Labute approximate surface area is 105 Å². The summed E-state index contributed by atoms with van der Waals surface area (Å²) in [4.78, 5) is 25.0. The van der Waals surface area contributed by atoms with Crippen LogP contribution in [0.3, 0.4) is 0 Å². The molecular weight excluding hydrogens is 234 g/mol. The predicted molar refractivity (Wildman–Crippen MR) is 65.4 cm³/mol. The summed E-state index contributed by atoms with van der Waals surface area (Å²) in [6.07, 6.45) is 3.09. The van der Waals surface area contributed by atoms with Gasteiger partial charge in [-0.2, -0.15) is 5.10 Å². The molecule has 0 saturated carbocycles. The average molecular weight is 251 g/mol. The van der Waals surface area contributed by atoms with Gasteiger partial charge in [0.25, 0.3) is 5.91 Å². The van der Waals surface area contributed by atoms with Crippen molar-refractivity contribution >= 4 is 17.5 Å². The van der Waals surface area contributed by atoms with Gasteiger partial charge in [0.05, 0.1) is 11.6 Å². The number of nitrogen functional groups attached to an aromatic ring is 1. The fraction of sp³-hybridized carbons (Fsp3) is 0.545. The van der Waals surface area contributed by atoms with E-state index in [2.05, 4.69) is 5.10 Å². The minimum atomic E-state index is -0.360. The Morgan fingerprint density at radius 1 is 1.50 bits per heavy atom. The average Bonchev–Trinajstić information content (AvgIpc) is 2.67. The second kappa shape index (κ2) is 4.67. The van der Waals surface area contributed by atoms with Crippen LogP contribution in [0.2, 0.25) is 0 Å². The second-order valence-corrected chi connectivity index (χ2v) is 4.60. The van der Waals surface area contributed by atoms with Crippen molar-refractivity contribution in [2.24, 2.45) is 18.7 Å². The third kappa shape index (κ3) is 2.29. The molecule has 4 N–H and O–H groups in total. The molecule has 2 rings (SSSR count). The van der Waals surface area contributed by atoms with Crippen molar-refractivity contribution in [3.63, 3.8) is 0 Å². The van der Waals surface area contributed by atoms with Gasteiger partial charge in [0.1, 0.15) is 0 Å². The topological polar surface area (TPSA) is 107 Å². The summed E-state index contributed by atoms with van der Waals surface area (Å²) in [7, 11) is 1.70. The molecule has 1 aliphatic rings. The van der Waals surface area contributed by atoms with Crippen LogP contribution in [-0.4, -0.2) is 39.6 Å². The maximum absolute atomic E-state index is 12.2. The summed E-state index contributed by atoms with van der Waals surface area (Å²) in [6.45, 7) is 0.961. The van der Waals surface area contributed by atoms with Crippen molar-refractivity contribution < 1.29 is 9.59 Å². The molecule has 1 aromatic heterocycles. The highest BCUT2D eigenvalue weighted by molar-refractivity contribution is 5.97. The highest BCUT2D eigenvalue weighted by atomic mass is 16.2. The van der Waals surface area contributed by atoms with Crippen LogP contribution in [0.5, 0.6) is 0 Å². The van der Waals surface area contributed by atoms with Crippen LogP contribution >= 0.6 is 0 Å². The van der Waals surface area contributed by atoms with Crippen LogP contribution in [-0.2, 0) is 11.8 Å². The minimum Gasteiger partial charge on any atom is -0.396 e. The third-order valence-corrected chi connectivity index (χ3v) is 3.17. The number of rotatable bonds is 2. The number of aryl methyl sites for hydroxylation is 1. The number of likely N-dealkylation sites (tertiary alicyclic amines) is 1. The van der Waals surface area contributed by atoms with Crippen molar-refractivity contribution in [1.82, 2.24) is 14.7 Å². The largest absolute Gasteiger partial charge is 0.396 e. The molecule has 98 valence electrons. The molecule has 0 spiro atoms. The predicted octanol–water partition coefficient (Wildman–Crippen LogP) is -0.660. The summed E-state index contributed by atoms with van der Waals surface area (Å²) in [5.74, 6) is -0.867. The number of piperidine rings is 1. The molecule has 0 radical (unpaired) electrons. The number of aromatic nitrogens is 2. The first kappa shape index (κ1) is 12.4. The molecule has 1 aromatic rings. The van der Waals surface area contributed by atoms with Gasteiger partial charge in [-0.05, 0) is 12.8 Å². The van der Waals surface area contributed by atoms with E-state index in [0.29, 0.717) is 18.8 Å². The van der Waals surface area contributed by atoms with E-state index in [1.165, 1.54) is 4.68 Å². The lowest BCUT2D eigenvalue weighted by molar-refractivity contribution is -0.123. The quantitative estimate of drug-likeness (QED) is 0.727. The number of primary amides is 1. The van der Waals surface area contributed by atoms with Crippen LogP contribution in [0.1, 0.15) is 23.3 Å². The molecule has 2 amide bonds. The van der Waals surface area contributed by atoms with Gasteiger partial charge in [0.2, 0.25) is 5.91 Å². The number of amides is 2. The van der Waals surface area contributed by atoms with E-state index in [-0.39, 0.29) is 23.4 Å². The Balaban J connectivity index is 2.14. The Bertz CT molecular complexity index is 482. The van der Waals surface area contributed by atoms with Gasteiger partial charge in [-0.3, -0.25) is 14.3 Å². The first-order valence-electron chi connectivity index (χ1n) is 5.86. The van der Waals surface area contributed by atoms with E-state index in [9.17, 15) is 9.59 Å². The molecule has 1 fully saturated rings. The van der Waals surface area contributed by atoms with E-state index < -0.39 is 0 Å². The molecule has 1 atom stereocenters. The molecule has 0 bridgehead atoms. The first-order chi connectivity index (χ1) is 8.49. The number of anilines is 1. The fourth-order valence-electron chi connectivity index (χ4n) is 2.22. The molecule has 18 heavy (non-hydrogen) atoms. The number of carbonyl (C=O) groups excluding carboxylic acids is 2. The van der Waals surface area contributed by atoms with Gasteiger partial charge in [-0.15, -0.1) is 0 Å². The molecule has 7 nitrogen and oxygen atoms in total. The Morgan fingerprint density at radius 3 is 2.78 bits per heavy atom. The van der Waals surface area contributed by atoms with E-state index in [0.717, 1.165) is 12.8 Å². The van der Waals surface area contributed by atoms with Crippen LogP contribution in [0, 0.1) is 5.92 Å². The monoisotopic (exact) mass is 251 g/mol. The Kier molecular flexibility index (Phi) is 3.22. The normalized spacial score (nSPS) is 19.8. The van der Waals surface area contributed by atoms with E-state index in [4.69, 9.17) is 11.5 Å². The second-order valence-electron chi connectivity index (χ2n) is 4.60. The van der Waals surface area contributed by atoms with Gasteiger partial charge in [0, 0.05) is 26.3 Å². The standard InChI is InChI=1S/C11H17N5O2/c1-15-6-8(12)9(14-15)11(18)16-4-2-3-7(5-16)10(13)17/h6-7H,2-5,12H2,1H3,(H2,13,17). The number of carbonyl (C=O) groups is 2. The van der Waals surface area contributed by atoms with Crippen molar-refractivity contribution in [2.45, 2.75) is 12.8 Å². The number of hydrogen-bond acceptors (Lipinski definition) is 4. The zero-order chi connectivity index (χ0) is 13.3. The molecule has 0 aromatic carbocycles.